The van der Waals surface area contributed by atoms with Gasteiger partial charge in [-0.25, -0.2) is 0 Å². The van der Waals surface area contributed by atoms with Gasteiger partial charge in [0.15, 0.2) is 0 Å². The van der Waals surface area contributed by atoms with Gasteiger partial charge in [-0.15, -0.1) is 0 Å². The Morgan fingerprint density at radius 1 is 1.44 bits per heavy atom. The van der Waals surface area contributed by atoms with Gasteiger partial charge in [0, 0.05) is 24.9 Å². The van der Waals surface area contributed by atoms with E-state index in [1.807, 2.05) is 6.92 Å². The van der Waals surface area contributed by atoms with E-state index in [0.717, 1.165) is 25.4 Å². The number of nitrogens with one attached hydrogen (secondary N) is 1. The van der Waals surface area contributed by atoms with Gasteiger partial charge in [0.25, 0.3) is 0 Å². The predicted molar refractivity (Wildman–Crippen MR) is 71.8 cm³/mol. The van der Waals surface area contributed by atoms with Gasteiger partial charge < -0.3 is 16.0 Å². The third kappa shape index (κ3) is 7.96. The molecule has 0 aromatic rings. The zero-order chi connectivity index (χ0) is 12.4. The maximum absolute atomic E-state index is 11.4. The van der Waals surface area contributed by atoms with Crippen molar-refractivity contribution in [3.63, 3.8) is 0 Å². The van der Waals surface area contributed by atoms with E-state index in [0.29, 0.717) is 12.3 Å². The number of rotatable bonds is 9. The molecule has 96 valence electrons. The normalized spacial score (nSPS) is 12.8. The van der Waals surface area contributed by atoms with Crippen LogP contribution in [0, 0.1) is 0 Å². The van der Waals surface area contributed by atoms with Crippen LogP contribution >= 0.6 is 11.8 Å². The molecule has 0 aliphatic heterocycles. The first-order chi connectivity index (χ1) is 7.63. The van der Waals surface area contributed by atoms with Crippen LogP contribution in [0.15, 0.2) is 0 Å². The first-order valence-electron chi connectivity index (χ1n) is 5.93. The van der Waals surface area contributed by atoms with Crippen molar-refractivity contribution in [2.75, 3.05) is 37.7 Å². The molecule has 0 aromatic carbocycles. The highest BCUT2D eigenvalue weighted by Crippen LogP contribution is 2.01. The van der Waals surface area contributed by atoms with Gasteiger partial charge >= 0.3 is 0 Å². The van der Waals surface area contributed by atoms with E-state index in [-0.39, 0.29) is 11.9 Å². The zero-order valence-electron chi connectivity index (χ0n) is 10.7. The molecule has 4 nitrogen and oxygen atoms in total. The van der Waals surface area contributed by atoms with Crippen LogP contribution in [0.4, 0.5) is 0 Å². The van der Waals surface area contributed by atoms with Gasteiger partial charge in [0.2, 0.25) is 5.91 Å². The fourth-order valence-corrected chi connectivity index (χ4v) is 2.07. The van der Waals surface area contributed by atoms with Gasteiger partial charge in [-0.3, -0.25) is 4.79 Å². The van der Waals surface area contributed by atoms with Crippen LogP contribution in [-0.4, -0.2) is 54.5 Å². The number of carbonyl (C=O) groups excluding carboxylic acids is 1. The second-order valence-corrected chi connectivity index (χ2v) is 4.89. The summed E-state index contributed by atoms with van der Waals surface area (Å²) in [6.45, 7) is 9.93. The lowest BCUT2D eigenvalue weighted by Gasteiger charge is -2.17. The molecule has 0 saturated carbocycles. The fourth-order valence-electron chi connectivity index (χ4n) is 1.27. The fraction of sp³-hybridized carbons (Fsp3) is 0.909. The van der Waals surface area contributed by atoms with Crippen LogP contribution < -0.4 is 11.1 Å². The molecule has 0 aliphatic carbocycles. The van der Waals surface area contributed by atoms with E-state index in [2.05, 4.69) is 24.1 Å². The second kappa shape index (κ2) is 9.93. The minimum absolute atomic E-state index is 0.0795. The second-order valence-electron chi connectivity index (χ2n) is 3.78. The van der Waals surface area contributed by atoms with Crippen LogP contribution in [-0.2, 0) is 4.79 Å². The lowest BCUT2D eigenvalue weighted by Crippen LogP contribution is -2.38. The van der Waals surface area contributed by atoms with Gasteiger partial charge in [-0.2, -0.15) is 11.8 Å². The van der Waals surface area contributed by atoms with Crippen LogP contribution in [0.25, 0.3) is 0 Å². The third-order valence-corrected chi connectivity index (χ3v) is 3.38. The molecular formula is C11H25N3OS. The molecule has 5 heteroatoms. The Balaban J connectivity index is 3.47. The molecular weight excluding hydrogens is 222 g/mol. The molecule has 0 aliphatic rings. The SMILES string of the molecule is CCN(CC)CCSCC(=O)N[C@@H](C)CN. The van der Waals surface area contributed by atoms with Crippen LogP contribution in [0.5, 0.6) is 0 Å². The zero-order valence-corrected chi connectivity index (χ0v) is 11.5. The minimum Gasteiger partial charge on any atom is -0.352 e. The van der Waals surface area contributed by atoms with Crippen LogP contribution in [0.3, 0.4) is 0 Å². The van der Waals surface area contributed by atoms with Gasteiger partial charge in [-0.1, -0.05) is 13.8 Å². The first kappa shape index (κ1) is 15.7. The summed E-state index contributed by atoms with van der Waals surface area (Å²) in [5.41, 5.74) is 5.42. The molecule has 0 fully saturated rings. The van der Waals surface area contributed by atoms with Gasteiger partial charge in [-0.05, 0) is 20.0 Å². The monoisotopic (exact) mass is 247 g/mol. The average molecular weight is 247 g/mol. The summed E-state index contributed by atoms with van der Waals surface area (Å²) < 4.78 is 0. The summed E-state index contributed by atoms with van der Waals surface area (Å²) in [7, 11) is 0. The summed E-state index contributed by atoms with van der Waals surface area (Å²) >= 11 is 1.68. The van der Waals surface area contributed by atoms with Gasteiger partial charge in [0.1, 0.15) is 0 Å². The lowest BCUT2D eigenvalue weighted by atomic mass is 10.3. The van der Waals surface area contributed by atoms with Crippen molar-refractivity contribution in [1.29, 1.82) is 0 Å². The smallest absolute Gasteiger partial charge is 0.230 e. The molecule has 0 spiro atoms. The molecule has 1 amide bonds. The third-order valence-electron chi connectivity index (χ3n) is 2.44. The van der Waals surface area contributed by atoms with E-state index >= 15 is 0 Å². The van der Waals surface area contributed by atoms with Crippen molar-refractivity contribution in [3.8, 4) is 0 Å². The number of nitrogens with two attached hydrogens (primary N) is 1. The van der Waals surface area contributed by atoms with Crippen molar-refractivity contribution in [2.45, 2.75) is 26.8 Å². The van der Waals surface area contributed by atoms with Crippen LogP contribution in [0.1, 0.15) is 20.8 Å². The van der Waals surface area contributed by atoms with E-state index in [1.165, 1.54) is 0 Å². The Labute approximate surface area is 103 Å². The van der Waals surface area contributed by atoms with Crippen molar-refractivity contribution in [3.05, 3.63) is 0 Å². The lowest BCUT2D eigenvalue weighted by molar-refractivity contribution is -0.119. The molecule has 16 heavy (non-hydrogen) atoms. The van der Waals surface area contributed by atoms with E-state index in [1.54, 1.807) is 11.8 Å². The molecule has 0 unspecified atom stereocenters. The number of carbonyl (C=O) groups is 1. The summed E-state index contributed by atoms with van der Waals surface area (Å²) in [5.74, 6) is 1.63. The topological polar surface area (TPSA) is 58.4 Å². The number of hydrogen-bond donors (Lipinski definition) is 2. The summed E-state index contributed by atoms with van der Waals surface area (Å²) in [6, 6.07) is 0.0795. The molecule has 0 saturated heterocycles. The first-order valence-corrected chi connectivity index (χ1v) is 7.09. The Hall–Kier alpha value is -0.260. The summed E-state index contributed by atoms with van der Waals surface area (Å²) in [4.78, 5) is 13.7. The van der Waals surface area contributed by atoms with Crippen molar-refractivity contribution < 1.29 is 4.79 Å². The minimum atomic E-state index is 0.0795. The number of thioether (sulfide) groups is 1. The molecule has 1 atom stereocenters. The quantitative estimate of drug-likeness (QED) is 0.583. The standard InChI is InChI=1S/C11H25N3OS/c1-4-14(5-2)6-7-16-9-11(15)13-10(3)8-12/h10H,4-9,12H2,1-3H3,(H,13,15)/t10-/m0/s1. The van der Waals surface area contributed by atoms with Crippen molar-refractivity contribution in [2.24, 2.45) is 5.73 Å². The maximum atomic E-state index is 11.4. The highest BCUT2D eigenvalue weighted by molar-refractivity contribution is 7.99. The summed E-state index contributed by atoms with van der Waals surface area (Å²) in [5, 5.41) is 2.85. The number of amides is 1. The van der Waals surface area contributed by atoms with Crippen LogP contribution in [0.2, 0.25) is 0 Å². The Morgan fingerprint density at radius 3 is 2.56 bits per heavy atom. The maximum Gasteiger partial charge on any atom is 0.230 e. The molecule has 0 aromatic heterocycles. The largest absolute Gasteiger partial charge is 0.352 e. The highest BCUT2D eigenvalue weighted by atomic mass is 32.2. The number of hydrogen-bond acceptors (Lipinski definition) is 4. The van der Waals surface area contributed by atoms with Gasteiger partial charge in [0.05, 0.1) is 5.75 Å². The van der Waals surface area contributed by atoms with Crippen molar-refractivity contribution >= 4 is 17.7 Å². The summed E-state index contributed by atoms with van der Waals surface area (Å²) in [6.07, 6.45) is 0. The average Bonchev–Trinajstić information content (AvgIpc) is 2.29. The molecule has 0 bridgehead atoms. The Bertz CT molecular complexity index is 186. The van der Waals surface area contributed by atoms with Crippen molar-refractivity contribution in [1.82, 2.24) is 10.2 Å². The molecule has 0 heterocycles. The Kier molecular flexibility index (Phi) is 9.77. The molecule has 0 radical (unpaired) electrons. The highest BCUT2D eigenvalue weighted by Gasteiger charge is 2.05. The number of nitrogens with zero attached hydrogens (tertiary/aromatic N) is 1. The Morgan fingerprint density at radius 2 is 2.06 bits per heavy atom. The van der Waals surface area contributed by atoms with E-state index < -0.39 is 0 Å². The molecule has 3 N–H and O–H groups in total. The van der Waals surface area contributed by atoms with E-state index in [9.17, 15) is 4.79 Å². The predicted octanol–water partition coefficient (Wildman–Crippen LogP) is 0.525. The molecule has 0 rings (SSSR count). The van der Waals surface area contributed by atoms with E-state index in [4.69, 9.17) is 5.73 Å².